The van der Waals surface area contributed by atoms with E-state index < -0.39 is 10.0 Å². The number of hydrogen-bond acceptors (Lipinski definition) is 3. The maximum atomic E-state index is 11.8. The highest BCUT2D eigenvalue weighted by atomic mass is 127. The van der Waals surface area contributed by atoms with Crippen molar-refractivity contribution in [2.45, 2.75) is 39.0 Å². The molecule has 0 atom stereocenters. The molecule has 6 nitrogen and oxygen atoms in total. The van der Waals surface area contributed by atoms with E-state index in [1.807, 2.05) is 0 Å². The van der Waals surface area contributed by atoms with Gasteiger partial charge in [-0.25, -0.2) is 12.7 Å². The zero-order chi connectivity index (χ0) is 15.6. The van der Waals surface area contributed by atoms with E-state index in [-0.39, 0.29) is 24.0 Å². The standard InChI is InChI=1S/C15H28N4O2S.HI/c1-2-16-14(18-10-7-15(13-18)5-3-6-15)17-8-11-19-9-4-12-22(19,20)21;/h2-13H2,1H3,(H,16,17);1H. The van der Waals surface area contributed by atoms with Gasteiger partial charge in [0.2, 0.25) is 10.0 Å². The Balaban J connectivity index is 0.00000192. The van der Waals surface area contributed by atoms with Gasteiger partial charge in [-0.05, 0) is 38.0 Å². The largest absolute Gasteiger partial charge is 0.357 e. The summed E-state index contributed by atoms with van der Waals surface area (Å²) >= 11 is 0. The predicted octanol–water partition coefficient (Wildman–Crippen LogP) is 1.48. The van der Waals surface area contributed by atoms with Crippen LogP contribution in [0.4, 0.5) is 0 Å². The molecule has 3 fully saturated rings. The molecule has 1 saturated carbocycles. The first-order chi connectivity index (χ1) is 10.5. The van der Waals surface area contributed by atoms with Crippen molar-refractivity contribution in [1.82, 2.24) is 14.5 Å². The summed E-state index contributed by atoms with van der Waals surface area (Å²) in [5.41, 5.74) is 0.550. The fourth-order valence-electron chi connectivity index (χ4n) is 3.84. The summed E-state index contributed by atoms with van der Waals surface area (Å²) in [4.78, 5) is 7.04. The van der Waals surface area contributed by atoms with E-state index in [2.05, 4.69) is 22.1 Å². The quantitative estimate of drug-likeness (QED) is 0.396. The summed E-state index contributed by atoms with van der Waals surface area (Å²) in [5, 5.41) is 3.36. The summed E-state index contributed by atoms with van der Waals surface area (Å²) in [7, 11) is -3.00. The minimum atomic E-state index is -3.00. The lowest BCUT2D eigenvalue weighted by Crippen LogP contribution is -2.43. The van der Waals surface area contributed by atoms with Gasteiger partial charge >= 0.3 is 0 Å². The lowest BCUT2D eigenvalue weighted by atomic mass is 9.68. The van der Waals surface area contributed by atoms with E-state index in [1.165, 1.54) is 25.7 Å². The molecule has 2 saturated heterocycles. The van der Waals surface area contributed by atoms with Crippen molar-refractivity contribution in [1.29, 1.82) is 0 Å². The number of halogens is 1. The number of aliphatic imine (C=N–C) groups is 1. The Morgan fingerprint density at radius 3 is 2.52 bits per heavy atom. The number of nitrogens with one attached hydrogen (secondary N) is 1. The Hall–Kier alpha value is -0.0900. The third-order valence-electron chi connectivity index (χ3n) is 5.30. The van der Waals surface area contributed by atoms with E-state index >= 15 is 0 Å². The van der Waals surface area contributed by atoms with Crippen molar-refractivity contribution in [3.05, 3.63) is 0 Å². The lowest BCUT2D eigenvalue weighted by molar-refractivity contribution is 0.151. The second-order valence-electron chi connectivity index (χ2n) is 6.83. The molecule has 0 aromatic heterocycles. The molecule has 1 spiro atoms. The summed E-state index contributed by atoms with van der Waals surface area (Å²) in [6.07, 6.45) is 6.11. The molecule has 1 N–H and O–H groups in total. The van der Waals surface area contributed by atoms with Crippen molar-refractivity contribution >= 4 is 40.0 Å². The van der Waals surface area contributed by atoms with Crippen LogP contribution < -0.4 is 5.32 Å². The molecule has 0 bridgehead atoms. The summed E-state index contributed by atoms with van der Waals surface area (Å²) in [6, 6.07) is 0. The van der Waals surface area contributed by atoms with Gasteiger partial charge in [-0.3, -0.25) is 4.99 Å². The fraction of sp³-hybridized carbons (Fsp3) is 0.933. The molecule has 0 unspecified atom stereocenters. The van der Waals surface area contributed by atoms with Crippen molar-refractivity contribution in [3.63, 3.8) is 0 Å². The first-order valence-electron chi connectivity index (χ1n) is 8.56. The Kier molecular flexibility index (Phi) is 6.57. The minimum Gasteiger partial charge on any atom is -0.357 e. The molecule has 0 aromatic rings. The second kappa shape index (κ2) is 7.86. The summed E-state index contributed by atoms with van der Waals surface area (Å²) in [6.45, 7) is 6.83. The van der Waals surface area contributed by atoms with Crippen molar-refractivity contribution in [3.8, 4) is 0 Å². The third kappa shape index (κ3) is 4.31. The maximum Gasteiger partial charge on any atom is 0.214 e. The molecule has 2 aliphatic heterocycles. The van der Waals surface area contributed by atoms with Gasteiger partial charge in [0.1, 0.15) is 0 Å². The molecule has 8 heteroatoms. The number of nitrogens with zero attached hydrogens (tertiary/aromatic N) is 3. The van der Waals surface area contributed by atoms with Gasteiger partial charge in [0.05, 0.1) is 12.3 Å². The van der Waals surface area contributed by atoms with Crippen LogP contribution in [0.1, 0.15) is 39.0 Å². The van der Waals surface area contributed by atoms with Crippen molar-refractivity contribution in [2.75, 3.05) is 45.0 Å². The number of rotatable bonds is 4. The summed E-state index contributed by atoms with van der Waals surface area (Å²) < 4.78 is 25.2. The highest BCUT2D eigenvalue weighted by Crippen LogP contribution is 2.47. The number of guanidine groups is 1. The van der Waals surface area contributed by atoms with Crippen LogP contribution in [0.15, 0.2) is 4.99 Å². The molecule has 134 valence electrons. The number of sulfonamides is 1. The smallest absolute Gasteiger partial charge is 0.214 e. The number of likely N-dealkylation sites (tertiary alicyclic amines) is 1. The highest BCUT2D eigenvalue weighted by Gasteiger charge is 2.43. The van der Waals surface area contributed by atoms with Crippen LogP contribution >= 0.6 is 24.0 Å². The first kappa shape index (κ1) is 19.2. The third-order valence-corrected chi connectivity index (χ3v) is 7.26. The number of hydrogen-bond donors (Lipinski definition) is 1. The van der Waals surface area contributed by atoms with E-state index in [1.54, 1.807) is 4.31 Å². The molecule has 3 aliphatic rings. The molecular formula is C15H29IN4O2S. The van der Waals surface area contributed by atoms with Crippen LogP contribution in [0.2, 0.25) is 0 Å². The Morgan fingerprint density at radius 1 is 1.22 bits per heavy atom. The Morgan fingerprint density at radius 2 is 2.00 bits per heavy atom. The van der Waals surface area contributed by atoms with E-state index in [9.17, 15) is 8.42 Å². The second-order valence-corrected chi connectivity index (χ2v) is 8.92. The topological polar surface area (TPSA) is 65.0 Å². The molecule has 0 radical (unpaired) electrons. The maximum absolute atomic E-state index is 11.8. The van der Waals surface area contributed by atoms with Crippen LogP contribution in [-0.4, -0.2) is 68.6 Å². The van der Waals surface area contributed by atoms with Gasteiger partial charge in [-0.2, -0.15) is 0 Å². The van der Waals surface area contributed by atoms with Crippen LogP contribution in [0.3, 0.4) is 0 Å². The van der Waals surface area contributed by atoms with Crippen molar-refractivity contribution in [2.24, 2.45) is 10.4 Å². The van der Waals surface area contributed by atoms with E-state index in [4.69, 9.17) is 0 Å². The van der Waals surface area contributed by atoms with Gasteiger partial charge in [-0.15, -0.1) is 24.0 Å². The van der Waals surface area contributed by atoms with E-state index in [0.717, 1.165) is 32.0 Å². The molecule has 0 aromatic carbocycles. The zero-order valence-electron chi connectivity index (χ0n) is 14.0. The molecule has 23 heavy (non-hydrogen) atoms. The Labute approximate surface area is 157 Å². The monoisotopic (exact) mass is 456 g/mol. The van der Waals surface area contributed by atoms with Gasteiger partial charge in [0.15, 0.2) is 5.96 Å². The van der Waals surface area contributed by atoms with Gasteiger partial charge in [0.25, 0.3) is 0 Å². The fourth-order valence-corrected chi connectivity index (χ4v) is 5.36. The van der Waals surface area contributed by atoms with Crippen LogP contribution in [0.5, 0.6) is 0 Å². The highest BCUT2D eigenvalue weighted by molar-refractivity contribution is 14.0. The lowest BCUT2D eigenvalue weighted by Gasteiger charge is -2.38. The SMILES string of the molecule is CCNC(=NCCN1CCCS1(=O)=O)N1CCC2(CCC2)C1.I. The predicted molar refractivity (Wildman–Crippen MR) is 104 cm³/mol. The molecule has 1 aliphatic carbocycles. The molecule has 2 heterocycles. The Bertz CT molecular complexity index is 534. The van der Waals surface area contributed by atoms with Gasteiger partial charge in [0, 0.05) is 32.7 Å². The summed E-state index contributed by atoms with van der Waals surface area (Å²) in [5.74, 6) is 1.26. The van der Waals surface area contributed by atoms with Gasteiger partial charge in [-0.1, -0.05) is 6.42 Å². The molecule has 0 amide bonds. The van der Waals surface area contributed by atoms with E-state index in [0.29, 0.717) is 30.8 Å². The average Bonchev–Trinajstić information content (AvgIpc) is 3.02. The average molecular weight is 456 g/mol. The van der Waals surface area contributed by atoms with Gasteiger partial charge < -0.3 is 10.2 Å². The zero-order valence-corrected chi connectivity index (χ0v) is 17.1. The molecular weight excluding hydrogens is 427 g/mol. The molecule has 3 rings (SSSR count). The minimum absolute atomic E-state index is 0. The van der Waals surface area contributed by atoms with Crippen LogP contribution in [0.25, 0.3) is 0 Å². The normalized spacial score (nSPS) is 26.1. The van der Waals surface area contributed by atoms with Crippen LogP contribution in [0, 0.1) is 5.41 Å². The first-order valence-corrected chi connectivity index (χ1v) is 10.2. The van der Waals surface area contributed by atoms with Crippen molar-refractivity contribution < 1.29 is 8.42 Å². The van der Waals surface area contributed by atoms with Crippen LogP contribution in [-0.2, 0) is 10.0 Å².